The SMILES string of the molecule is COCCOCCOCCN(CC(C)(C)SC(C)C)c1cc(COc2cc3c(cc2OC)C(=O)N2c4ccccc4CC2C=N3)cc(COc2cc3c(cc2OC)C(=O)N2c4ccccc4CC2CN3)c1. The van der Waals surface area contributed by atoms with E-state index in [9.17, 15) is 9.59 Å². The number of anilines is 4. The van der Waals surface area contributed by atoms with Gasteiger partial charge in [0.1, 0.15) is 13.2 Å². The van der Waals surface area contributed by atoms with Gasteiger partial charge in [-0.1, -0.05) is 50.2 Å². The molecule has 0 bridgehead atoms. The fourth-order valence-corrected chi connectivity index (χ4v) is 11.6. The van der Waals surface area contributed by atoms with Crippen LogP contribution in [0.25, 0.3) is 0 Å². The van der Waals surface area contributed by atoms with Crippen LogP contribution in [0.4, 0.5) is 28.4 Å². The van der Waals surface area contributed by atoms with Crippen molar-refractivity contribution in [3.05, 3.63) is 124 Å². The largest absolute Gasteiger partial charge is 0.493 e. The first-order valence-electron chi connectivity index (χ1n) is 24.4. The standard InChI is InChI=1S/C56H65N5O9S/c1-36(2)71-56(3,4)35-59(16-17-67-20-21-68-19-18-64-5)41-23-37(33-69-52-29-46-44(27-50(52)65-6)54(62)60-42(31-57-46)25-39-12-8-10-14-48(39)60)22-38(24-41)34-70-53-30-47-45(28-51(53)66-7)55(63)61-43(32-58-47)26-40-13-9-11-15-49(40)61/h8-15,22-24,27-31,36,42-43,58H,16-21,25-26,32-35H2,1-7H3. The van der Waals surface area contributed by atoms with Crippen LogP contribution in [0.3, 0.4) is 0 Å². The molecule has 4 heterocycles. The van der Waals surface area contributed by atoms with Crippen molar-refractivity contribution < 1.29 is 42.7 Å². The van der Waals surface area contributed by atoms with Crippen molar-refractivity contribution in [2.75, 3.05) is 94.0 Å². The van der Waals surface area contributed by atoms with Gasteiger partial charge in [0.25, 0.3) is 11.8 Å². The van der Waals surface area contributed by atoms with Crippen LogP contribution in [0, 0.1) is 0 Å². The minimum atomic E-state index is -0.182. The summed E-state index contributed by atoms with van der Waals surface area (Å²) in [6.07, 6.45) is 3.34. The molecule has 71 heavy (non-hydrogen) atoms. The van der Waals surface area contributed by atoms with Crippen LogP contribution in [-0.2, 0) is 40.3 Å². The molecule has 2 amide bonds. The molecule has 4 aliphatic rings. The molecule has 0 spiro atoms. The molecule has 0 radical (unpaired) electrons. The predicted octanol–water partition coefficient (Wildman–Crippen LogP) is 9.55. The van der Waals surface area contributed by atoms with E-state index in [0.29, 0.717) is 103 Å². The Bertz CT molecular complexity index is 2760. The van der Waals surface area contributed by atoms with Crippen molar-refractivity contribution in [1.82, 2.24) is 0 Å². The maximum absolute atomic E-state index is 14.2. The molecule has 4 aliphatic heterocycles. The van der Waals surface area contributed by atoms with E-state index in [0.717, 1.165) is 46.7 Å². The first kappa shape index (κ1) is 49.7. The van der Waals surface area contributed by atoms with E-state index in [1.54, 1.807) is 39.5 Å². The molecule has 0 aromatic heterocycles. The number of ether oxygens (including phenoxy) is 7. The number of hydrogen-bond donors (Lipinski definition) is 1. The molecule has 0 fully saturated rings. The lowest BCUT2D eigenvalue weighted by atomic mass is 10.1. The number of carbonyl (C=O) groups excluding carboxylic acids is 2. The van der Waals surface area contributed by atoms with E-state index >= 15 is 0 Å². The Morgan fingerprint density at radius 3 is 2.00 bits per heavy atom. The van der Waals surface area contributed by atoms with Crippen LogP contribution in [0.5, 0.6) is 23.0 Å². The smallest absolute Gasteiger partial charge is 0.261 e. The number of methoxy groups -OCH3 is 3. The number of carbonyl (C=O) groups is 2. The van der Waals surface area contributed by atoms with Crippen molar-refractivity contribution >= 4 is 58.2 Å². The van der Waals surface area contributed by atoms with Crippen molar-refractivity contribution in [3.63, 3.8) is 0 Å². The van der Waals surface area contributed by atoms with Gasteiger partial charge in [-0.15, -0.1) is 0 Å². The second-order valence-electron chi connectivity index (χ2n) is 19.1. The van der Waals surface area contributed by atoms with Gasteiger partial charge in [-0.2, -0.15) is 11.8 Å². The van der Waals surface area contributed by atoms with Gasteiger partial charge in [0, 0.05) is 73.3 Å². The number of benzene rings is 5. The summed E-state index contributed by atoms with van der Waals surface area (Å²) in [5.41, 5.74) is 9.12. The number of para-hydroxylation sites is 2. The number of nitrogens with zero attached hydrogens (tertiary/aromatic N) is 4. The quantitative estimate of drug-likeness (QED) is 0.0663. The minimum absolute atomic E-state index is 0.00519. The molecule has 14 nitrogen and oxygen atoms in total. The molecular formula is C56H65N5O9S. The van der Waals surface area contributed by atoms with Gasteiger partial charge in [-0.05, 0) is 90.2 Å². The maximum Gasteiger partial charge on any atom is 0.261 e. The summed E-state index contributed by atoms with van der Waals surface area (Å²) in [7, 11) is 4.83. The van der Waals surface area contributed by atoms with Gasteiger partial charge < -0.3 is 48.3 Å². The molecule has 2 atom stereocenters. The summed E-state index contributed by atoms with van der Waals surface area (Å²) in [5, 5.41) is 3.98. The highest BCUT2D eigenvalue weighted by molar-refractivity contribution is 8.01. The van der Waals surface area contributed by atoms with Crippen LogP contribution in [0.15, 0.2) is 96.0 Å². The average molecular weight is 984 g/mol. The highest BCUT2D eigenvalue weighted by atomic mass is 32.2. The van der Waals surface area contributed by atoms with Gasteiger partial charge >= 0.3 is 0 Å². The Morgan fingerprint density at radius 1 is 0.718 bits per heavy atom. The number of fused-ring (bicyclic) bond motifs is 8. The maximum atomic E-state index is 14.2. The summed E-state index contributed by atoms with van der Waals surface area (Å²) in [5.74, 6) is 1.67. The second-order valence-corrected chi connectivity index (χ2v) is 21.4. The minimum Gasteiger partial charge on any atom is -0.493 e. The number of nitrogens with one attached hydrogen (secondary N) is 1. The van der Waals surface area contributed by atoms with Gasteiger partial charge in [0.05, 0.1) is 81.8 Å². The molecule has 2 unspecified atom stereocenters. The van der Waals surface area contributed by atoms with Gasteiger partial charge in [-0.3, -0.25) is 19.5 Å². The summed E-state index contributed by atoms with van der Waals surface area (Å²) in [6.45, 7) is 13.8. The molecule has 0 aliphatic carbocycles. The summed E-state index contributed by atoms with van der Waals surface area (Å²) < 4.78 is 41.9. The molecule has 0 saturated heterocycles. The normalized spacial score (nSPS) is 16.6. The molecular weight excluding hydrogens is 919 g/mol. The van der Waals surface area contributed by atoms with Crippen molar-refractivity contribution in [2.45, 2.75) is 75.8 Å². The number of rotatable bonds is 22. The number of hydrogen-bond acceptors (Lipinski definition) is 13. The first-order valence-corrected chi connectivity index (χ1v) is 25.3. The Labute approximate surface area is 421 Å². The fourth-order valence-electron chi connectivity index (χ4n) is 10.1. The zero-order valence-electron chi connectivity index (χ0n) is 41.8. The summed E-state index contributed by atoms with van der Waals surface area (Å²) >= 11 is 1.93. The Balaban J connectivity index is 1.01. The zero-order chi connectivity index (χ0) is 49.6. The fraction of sp³-hybridized carbons (Fsp3) is 0.411. The predicted molar refractivity (Wildman–Crippen MR) is 282 cm³/mol. The third kappa shape index (κ3) is 11.1. The average Bonchev–Trinajstić information content (AvgIpc) is 3.85. The topological polar surface area (TPSA) is 133 Å². The lowest BCUT2D eigenvalue weighted by molar-refractivity contribution is 0.0264. The van der Waals surface area contributed by atoms with E-state index in [-0.39, 0.29) is 41.9 Å². The lowest BCUT2D eigenvalue weighted by Crippen LogP contribution is -2.39. The van der Waals surface area contributed by atoms with Gasteiger partial charge in [0.15, 0.2) is 23.0 Å². The van der Waals surface area contributed by atoms with Crippen LogP contribution in [0.1, 0.15) is 70.7 Å². The molecule has 9 rings (SSSR count). The Morgan fingerprint density at radius 2 is 1.32 bits per heavy atom. The van der Waals surface area contributed by atoms with Crippen LogP contribution >= 0.6 is 11.8 Å². The first-order chi connectivity index (χ1) is 34.4. The molecule has 1 N–H and O–H groups in total. The van der Waals surface area contributed by atoms with Crippen LogP contribution < -0.4 is 39.0 Å². The number of thioether (sulfide) groups is 1. The summed E-state index contributed by atoms with van der Waals surface area (Å²) in [4.78, 5) is 39.3. The van der Waals surface area contributed by atoms with E-state index in [1.165, 1.54) is 5.56 Å². The monoisotopic (exact) mass is 983 g/mol. The zero-order valence-corrected chi connectivity index (χ0v) is 42.6. The number of aliphatic imine (C=N–C) groups is 1. The van der Waals surface area contributed by atoms with Crippen molar-refractivity contribution in [2.24, 2.45) is 4.99 Å². The van der Waals surface area contributed by atoms with E-state index in [1.807, 2.05) is 70.2 Å². The number of amides is 2. The second kappa shape index (κ2) is 22.0. The van der Waals surface area contributed by atoms with Crippen LogP contribution in [-0.4, -0.2) is 114 Å². The Kier molecular flexibility index (Phi) is 15.4. The van der Waals surface area contributed by atoms with Gasteiger partial charge in [-0.25, -0.2) is 0 Å². The lowest BCUT2D eigenvalue weighted by Gasteiger charge is -2.35. The molecule has 374 valence electrons. The van der Waals surface area contributed by atoms with E-state index < -0.39 is 0 Å². The summed E-state index contributed by atoms with van der Waals surface area (Å²) in [6, 6.07) is 29.5. The molecule has 15 heteroatoms. The third-order valence-corrected chi connectivity index (χ3v) is 14.3. The molecule has 5 aromatic carbocycles. The van der Waals surface area contributed by atoms with Gasteiger partial charge in [0.2, 0.25) is 0 Å². The highest BCUT2D eigenvalue weighted by Crippen LogP contribution is 2.43. The van der Waals surface area contributed by atoms with E-state index in [2.05, 4.69) is 68.2 Å². The van der Waals surface area contributed by atoms with Crippen molar-refractivity contribution in [3.8, 4) is 23.0 Å². The Hall–Kier alpha value is -6.26. The molecule has 5 aromatic rings. The van der Waals surface area contributed by atoms with E-state index in [4.69, 9.17) is 38.2 Å². The van der Waals surface area contributed by atoms with Crippen molar-refractivity contribution in [1.29, 1.82) is 0 Å². The highest BCUT2D eigenvalue weighted by Gasteiger charge is 2.39. The third-order valence-electron chi connectivity index (χ3n) is 13.1. The molecule has 0 saturated carbocycles. The van der Waals surface area contributed by atoms with Crippen LogP contribution in [0.2, 0.25) is 0 Å².